The lowest BCUT2D eigenvalue weighted by Gasteiger charge is -2.23. The first kappa shape index (κ1) is 18.7. The van der Waals surface area contributed by atoms with E-state index in [9.17, 15) is 4.79 Å². The van der Waals surface area contributed by atoms with Crippen LogP contribution in [0.25, 0.3) is 0 Å². The largest absolute Gasteiger partial charge is 0.491 e. The molecule has 1 atom stereocenters. The topological polar surface area (TPSA) is 59.6 Å². The lowest BCUT2D eigenvalue weighted by molar-refractivity contribution is -0.122. The van der Waals surface area contributed by atoms with Crippen LogP contribution in [0.5, 0.6) is 5.75 Å². The van der Waals surface area contributed by atoms with E-state index in [1.165, 1.54) is 0 Å². The third-order valence-corrected chi connectivity index (χ3v) is 3.22. The summed E-state index contributed by atoms with van der Waals surface area (Å²) in [5.41, 5.74) is 1.06. The Morgan fingerprint density at radius 1 is 1.41 bits per heavy atom. The molecular weight excluding hydrogens is 304 g/mol. The molecule has 2 rings (SSSR count). The fourth-order valence-electron chi connectivity index (χ4n) is 2.21. The minimum atomic E-state index is 0. The SMILES string of the molecule is CC(C)Oc1ccc(CNC(=O)CC2COCCN2)cc1.Cl. The van der Waals surface area contributed by atoms with Crippen molar-refractivity contribution >= 4 is 18.3 Å². The van der Waals surface area contributed by atoms with E-state index in [0.717, 1.165) is 24.5 Å². The van der Waals surface area contributed by atoms with Crippen LogP contribution in [-0.2, 0) is 16.1 Å². The third-order valence-electron chi connectivity index (χ3n) is 3.22. The molecule has 1 saturated heterocycles. The maximum atomic E-state index is 11.9. The molecule has 0 aliphatic carbocycles. The molecule has 2 N–H and O–H groups in total. The molecule has 1 aliphatic rings. The van der Waals surface area contributed by atoms with Gasteiger partial charge in [-0.25, -0.2) is 0 Å². The van der Waals surface area contributed by atoms with Crippen LogP contribution in [0.1, 0.15) is 25.8 Å². The average molecular weight is 329 g/mol. The molecule has 0 spiro atoms. The van der Waals surface area contributed by atoms with Gasteiger partial charge >= 0.3 is 0 Å². The van der Waals surface area contributed by atoms with Gasteiger partial charge in [0.15, 0.2) is 0 Å². The molecule has 6 heteroatoms. The molecule has 1 fully saturated rings. The van der Waals surface area contributed by atoms with Crippen LogP contribution in [0.4, 0.5) is 0 Å². The molecule has 1 amide bonds. The van der Waals surface area contributed by atoms with Crippen molar-refractivity contribution in [3.05, 3.63) is 29.8 Å². The van der Waals surface area contributed by atoms with Crippen LogP contribution in [-0.4, -0.2) is 37.8 Å². The number of nitrogens with one attached hydrogen (secondary N) is 2. The van der Waals surface area contributed by atoms with Crippen molar-refractivity contribution in [3.8, 4) is 5.75 Å². The van der Waals surface area contributed by atoms with Gasteiger partial charge in [-0.05, 0) is 31.5 Å². The van der Waals surface area contributed by atoms with E-state index >= 15 is 0 Å². The number of hydrogen-bond donors (Lipinski definition) is 2. The maximum Gasteiger partial charge on any atom is 0.221 e. The van der Waals surface area contributed by atoms with Gasteiger partial charge in [0, 0.05) is 25.6 Å². The van der Waals surface area contributed by atoms with E-state index in [1.807, 2.05) is 38.1 Å². The van der Waals surface area contributed by atoms with E-state index in [-0.39, 0.29) is 30.5 Å². The smallest absolute Gasteiger partial charge is 0.221 e. The fourth-order valence-corrected chi connectivity index (χ4v) is 2.21. The number of halogens is 1. The summed E-state index contributed by atoms with van der Waals surface area (Å²) >= 11 is 0. The van der Waals surface area contributed by atoms with E-state index in [1.54, 1.807) is 0 Å². The van der Waals surface area contributed by atoms with Gasteiger partial charge in [0.1, 0.15) is 5.75 Å². The number of benzene rings is 1. The zero-order chi connectivity index (χ0) is 15.1. The quantitative estimate of drug-likeness (QED) is 0.837. The predicted molar refractivity (Wildman–Crippen MR) is 88.5 cm³/mol. The molecular formula is C16H25ClN2O3. The summed E-state index contributed by atoms with van der Waals surface area (Å²) in [4.78, 5) is 11.9. The van der Waals surface area contributed by atoms with Crippen molar-refractivity contribution in [1.29, 1.82) is 0 Å². The molecule has 22 heavy (non-hydrogen) atoms. The summed E-state index contributed by atoms with van der Waals surface area (Å²) in [6, 6.07) is 7.93. The number of amides is 1. The van der Waals surface area contributed by atoms with E-state index < -0.39 is 0 Å². The highest BCUT2D eigenvalue weighted by atomic mass is 35.5. The summed E-state index contributed by atoms with van der Waals surface area (Å²) in [5.74, 6) is 0.893. The first-order valence-electron chi connectivity index (χ1n) is 7.47. The molecule has 0 aromatic heterocycles. The lowest BCUT2D eigenvalue weighted by Crippen LogP contribution is -2.44. The summed E-state index contributed by atoms with van der Waals surface area (Å²) < 4.78 is 10.9. The average Bonchev–Trinajstić information content (AvgIpc) is 2.47. The molecule has 1 aromatic rings. The first-order chi connectivity index (χ1) is 10.1. The van der Waals surface area contributed by atoms with Gasteiger partial charge in [0.25, 0.3) is 0 Å². The maximum absolute atomic E-state index is 11.9. The zero-order valence-electron chi connectivity index (χ0n) is 13.1. The molecule has 124 valence electrons. The normalized spacial score (nSPS) is 17.7. The molecule has 0 bridgehead atoms. The van der Waals surface area contributed by atoms with E-state index in [4.69, 9.17) is 9.47 Å². The number of carbonyl (C=O) groups excluding carboxylic acids is 1. The second-order valence-electron chi connectivity index (χ2n) is 5.52. The fraction of sp³-hybridized carbons (Fsp3) is 0.562. The minimum Gasteiger partial charge on any atom is -0.491 e. The van der Waals surface area contributed by atoms with Crippen LogP contribution in [0, 0.1) is 0 Å². The van der Waals surface area contributed by atoms with E-state index in [2.05, 4.69) is 10.6 Å². The van der Waals surface area contributed by atoms with Gasteiger partial charge in [-0.2, -0.15) is 0 Å². The van der Waals surface area contributed by atoms with Gasteiger partial charge in [-0.1, -0.05) is 12.1 Å². The van der Waals surface area contributed by atoms with Crippen LogP contribution in [0.2, 0.25) is 0 Å². The molecule has 1 heterocycles. The Morgan fingerprint density at radius 2 is 2.14 bits per heavy atom. The predicted octanol–water partition coefficient (Wildman–Crippen LogP) is 1.89. The standard InChI is InChI=1S/C16H24N2O3.ClH/c1-12(2)21-15-5-3-13(4-6-15)10-18-16(19)9-14-11-20-8-7-17-14;/h3-6,12,14,17H,7-11H2,1-2H3,(H,18,19);1H. The van der Waals surface area contributed by atoms with Gasteiger partial charge in [-0.15, -0.1) is 12.4 Å². The van der Waals surface area contributed by atoms with Crippen molar-refractivity contribution in [2.24, 2.45) is 0 Å². The zero-order valence-corrected chi connectivity index (χ0v) is 13.9. The van der Waals surface area contributed by atoms with Gasteiger partial charge in [0.05, 0.1) is 19.3 Å². The second kappa shape index (κ2) is 9.66. The van der Waals surface area contributed by atoms with Gasteiger partial charge < -0.3 is 20.1 Å². The van der Waals surface area contributed by atoms with E-state index in [0.29, 0.717) is 19.6 Å². The number of rotatable bonds is 6. The van der Waals surface area contributed by atoms with Crippen LogP contribution in [0.15, 0.2) is 24.3 Å². The number of hydrogen-bond acceptors (Lipinski definition) is 4. The van der Waals surface area contributed by atoms with Crippen LogP contribution in [0.3, 0.4) is 0 Å². The Balaban J connectivity index is 0.00000242. The summed E-state index contributed by atoms with van der Waals surface area (Å²) in [6.45, 7) is 6.68. The molecule has 0 saturated carbocycles. The Hall–Kier alpha value is -1.30. The van der Waals surface area contributed by atoms with Crippen LogP contribution >= 0.6 is 12.4 Å². The Kier molecular flexibility index (Phi) is 8.24. The third kappa shape index (κ3) is 6.64. The number of morpholine rings is 1. The monoisotopic (exact) mass is 328 g/mol. The lowest BCUT2D eigenvalue weighted by atomic mass is 10.1. The van der Waals surface area contributed by atoms with Crippen molar-refractivity contribution in [2.45, 2.75) is 39.0 Å². The Bertz CT molecular complexity index is 445. The second-order valence-corrected chi connectivity index (χ2v) is 5.52. The Labute approximate surface area is 138 Å². The molecule has 1 aliphatic heterocycles. The number of carbonyl (C=O) groups is 1. The molecule has 1 unspecified atom stereocenters. The first-order valence-corrected chi connectivity index (χ1v) is 7.47. The number of ether oxygens (including phenoxy) is 2. The Morgan fingerprint density at radius 3 is 2.73 bits per heavy atom. The van der Waals surface area contributed by atoms with Crippen LogP contribution < -0.4 is 15.4 Å². The molecule has 1 aromatic carbocycles. The van der Waals surface area contributed by atoms with Crippen molar-refractivity contribution in [2.75, 3.05) is 19.8 Å². The summed E-state index contributed by atoms with van der Waals surface area (Å²) in [5, 5.41) is 6.20. The minimum absolute atomic E-state index is 0. The van der Waals surface area contributed by atoms with Gasteiger partial charge in [-0.3, -0.25) is 4.79 Å². The highest BCUT2D eigenvalue weighted by molar-refractivity contribution is 5.85. The molecule has 5 nitrogen and oxygen atoms in total. The summed E-state index contributed by atoms with van der Waals surface area (Å²) in [7, 11) is 0. The highest BCUT2D eigenvalue weighted by Crippen LogP contribution is 2.13. The van der Waals surface area contributed by atoms with Crippen molar-refractivity contribution < 1.29 is 14.3 Å². The highest BCUT2D eigenvalue weighted by Gasteiger charge is 2.16. The van der Waals surface area contributed by atoms with Crippen molar-refractivity contribution in [1.82, 2.24) is 10.6 Å². The molecule has 0 radical (unpaired) electrons. The van der Waals surface area contributed by atoms with Gasteiger partial charge in [0.2, 0.25) is 5.91 Å². The summed E-state index contributed by atoms with van der Waals surface area (Å²) in [6.07, 6.45) is 0.620. The van der Waals surface area contributed by atoms with Crippen molar-refractivity contribution in [3.63, 3.8) is 0 Å².